The minimum Gasteiger partial charge on any atom is -0.481 e. The molecule has 1 unspecified atom stereocenters. The monoisotopic (exact) mass is 279 g/mol. The number of pyridine rings is 1. The summed E-state index contributed by atoms with van der Waals surface area (Å²) in [6.45, 7) is 2.84. The van der Waals surface area contributed by atoms with Crippen LogP contribution in [0.15, 0.2) is 12.1 Å². The summed E-state index contributed by atoms with van der Waals surface area (Å²) in [6, 6.07) is 4.15. The lowest BCUT2D eigenvalue weighted by molar-refractivity contribution is -0.386. The van der Waals surface area contributed by atoms with Crippen molar-refractivity contribution in [1.29, 1.82) is 5.26 Å². The van der Waals surface area contributed by atoms with Gasteiger partial charge in [0.1, 0.15) is 0 Å². The summed E-state index contributed by atoms with van der Waals surface area (Å²) in [4.78, 5) is 26.1. The van der Waals surface area contributed by atoms with Crippen molar-refractivity contribution < 1.29 is 19.2 Å². The summed E-state index contributed by atoms with van der Waals surface area (Å²) in [5, 5.41) is 20.3. The van der Waals surface area contributed by atoms with Crippen LogP contribution in [0.4, 0.5) is 5.69 Å². The van der Waals surface area contributed by atoms with Crippen molar-refractivity contribution in [3.05, 3.63) is 27.9 Å². The molecule has 0 aliphatic rings. The third kappa shape index (κ3) is 2.66. The fourth-order valence-electron chi connectivity index (χ4n) is 1.53. The molecule has 0 aromatic carbocycles. The zero-order valence-electron chi connectivity index (χ0n) is 11.2. The molecule has 20 heavy (non-hydrogen) atoms. The Morgan fingerprint density at radius 1 is 1.60 bits per heavy atom. The smallest absolute Gasteiger partial charge is 0.332 e. The second-order valence-corrected chi connectivity index (χ2v) is 3.94. The van der Waals surface area contributed by atoms with Crippen molar-refractivity contribution in [2.45, 2.75) is 19.3 Å². The van der Waals surface area contributed by atoms with Crippen molar-refractivity contribution in [3.63, 3.8) is 0 Å². The van der Waals surface area contributed by atoms with Crippen molar-refractivity contribution >= 4 is 11.7 Å². The molecule has 0 bridgehead atoms. The van der Waals surface area contributed by atoms with Gasteiger partial charge in [0.05, 0.1) is 24.7 Å². The van der Waals surface area contributed by atoms with Crippen LogP contribution in [0.25, 0.3) is 0 Å². The molecule has 0 aliphatic heterocycles. The van der Waals surface area contributed by atoms with Gasteiger partial charge in [0, 0.05) is 12.1 Å². The predicted octanol–water partition coefficient (Wildman–Crippen LogP) is 1.34. The minimum atomic E-state index is -1.88. The summed E-state index contributed by atoms with van der Waals surface area (Å²) < 4.78 is 9.67. The predicted molar refractivity (Wildman–Crippen MR) is 67.0 cm³/mol. The van der Waals surface area contributed by atoms with Crippen molar-refractivity contribution in [1.82, 2.24) is 4.98 Å². The second kappa shape index (κ2) is 5.97. The van der Waals surface area contributed by atoms with Crippen molar-refractivity contribution in [2.75, 3.05) is 13.7 Å². The quantitative estimate of drug-likeness (QED) is 0.453. The van der Waals surface area contributed by atoms with Crippen LogP contribution in [0.1, 0.15) is 19.5 Å². The number of nitrogens with zero attached hydrogens (tertiary/aromatic N) is 3. The van der Waals surface area contributed by atoms with E-state index in [1.165, 1.54) is 20.1 Å². The van der Waals surface area contributed by atoms with E-state index in [9.17, 15) is 20.2 Å². The molecule has 0 saturated heterocycles. The van der Waals surface area contributed by atoms with Gasteiger partial charge in [-0.15, -0.1) is 0 Å². The average Bonchev–Trinajstić information content (AvgIpc) is 2.45. The number of hydrogen-bond donors (Lipinski definition) is 0. The number of carbonyl (C=O) groups is 1. The molecule has 8 nitrogen and oxygen atoms in total. The number of nitriles is 1. The number of carbonyl (C=O) groups excluding carboxylic acids is 1. The fourth-order valence-corrected chi connectivity index (χ4v) is 1.53. The number of methoxy groups -OCH3 is 1. The molecule has 0 aliphatic carbocycles. The highest BCUT2D eigenvalue weighted by Gasteiger charge is 2.44. The van der Waals surface area contributed by atoms with Crippen LogP contribution in [-0.4, -0.2) is 29.6 Å². The van der Waals surface area contributed by atoms with E-state index in [1.807, 2.05) is 0 Å². The average molecular weight is 279 g/mol. The lowest BCUT2D eigenvalue weighted by Gasteiger charge is -2.19. The van der Waals surface area contributed by atoms with Crippen molar-refractivity contribution in [2.24, 2.45) is 0 Å². The summed E-state index contributed by atoms with van der Waals surface area (Å²) in [5.74, 6) is -0.831. The molecular formula is C12H13N3O5. The van der Waals surface area contributed by atoms with Crippen LogP contribution in [0.5, 0.6) is 5.88 Å². The van der Waals surface area contributed by atoms with Crippen LogP contribution in [0.2, 0.25) is 0 Å². The summed E-state index contributed by atoms with van der Waals surface area (Å²) in [6.07, 6.45) is 0. The molecule has 1 rings (SSSR count). The molecule has 0 saturated carbocycles. The number of nitro groups is 1. The highest BCUT2D eigenvalue weighted by molar-refractivity contribution is 5.87. The molecule has 0 radical (unpaired) electrons. The number of hydrogen-bond acceptors (Lipinski definition) is 7. The molecule has 0 N–H and O–H groups in total. The third-order valence-electron chi connectivity index (χ3n) is 2.64. The molecule has 1 aromatic heterocycles. The van der Waals surface area contributed by atoms with E-state index in [4.69, 9.17) is 9.47 Å². The minimum absolute atomic E-state index is 0.0495. The maximum absolute atomic E-state index is 11.9. The number of esters is 1. The van der Waals surface area contributed by atoms with Gasteiger partial charge in [-0.2, -0.15) is 5.26 Å². The first-order chi connectivity index (χ1) is 9.40. The van der Waals surface area contributed by atoms with E-state index in [0.29, 0.717) is 0 Å². The van der Waals surface area contributed by atoms with Crippen LogP contribution in [0.3, 0.4) is 0 Å². The van der Waals surface area contributed by atoms with Gasteiger partial charge in [-0.3, -0.25) is 10.1 Å². The molecular weight excluding hydrogens is 266 g/mol. The van der Waals surface area contributed by atoms with Gasteiger partial charge in [-0.25, -0.2) is 9.78 Å². The molecule has 0 spiro atoms. The highest BCUT2D eigenvalue weighted by atomic mass is 16.6. The molecule has 106 valence electrons. The number of ether oxygens (including phenoxy) is 2. The highest BCUT2D eigenvalue weighted by Crippen LogP contribution is 2.32. The van der Waals surface area contributed by atoms with Gasteiger partial charge in [0.15, 0.2) is 11.1 Å². The van der Waals surface area contributed by atoms with Gasteiger partial charge in [-0.1, -0.05) is 0 Å². The van der Waals surface area contributed by atoms with E-state index < -0.39 is 22.0 Å². The van der Waals surface area contributed by atoms with Crippen LogP contribution >= 0.6 is 0 Å². The Hall–Kier alpha value is -2.69. The Morgan fingerprint density at radius 2 is 2.25 bits per heavy atom. The lowest BCUT2D eigenvalue weighted by Crippen LogP contribution is -2.34. The first-order valence-corrected chi connectivity index (χ1v) is 5.69. The van der Waals surface area contributed by atoms with Gasteiger partial charge in [0.25, 0.3) is 5.69 Å². The van der Waals surface area contributed by atoms with E-state index >= 15 is 0 Å². The van der Waals surface area contributed by atoms with E-state index in [2.05, 4.69) is 4.98 Å². The standard InChI is InChI=1S/C12H13N3O5/c1-4-20-11(16)12(2,7-13)10-8(15(17)18)5-6-9(14-10)19-3/h5-6H,4H2,1-3H3. The molecule has 0 fully saturated rings. The molecule has 0 amide bonds. The van der Waals surface area contributed by atoms with E-state index in [0.717, 1.165) is 6.07 Å². The van der Waals surface area contributed by atoms with Crippen LogP contribution in [0, 0.1) is 21.4 Å². The lowest BCUT2D eigenvalue weighted by atomic mass is 9.87. The molecule has 1 heterocycles. The normalized spacial score (nSPS) is 12.9. The fraction of sp³-hybridized carbons (Fsp3) is 0.417. The maximum Gasteiger partial charge on any atom is 0.332 e. The van der Waals surface area contributed by atoms with Gasteiger partial charge >= 0.3 is 5.97 Å². The summed E-state index contributed by atoms with van der Waals surface area (Å²) >= 11 is 0. The van der Waals surface area contributed by atoms with Gasteiger partial charge < -0.3 is 9.47 Å². The van der Waals surface area contributed by atoms with Crippen LogP contribution < -0.4 is 4.74 Å². The van der Waals surface area contributed by atoms with E-state index in [-0.39, 0.29) is 18.2 Å². The Balaban J connectivity index is 3.51. The topological polar surface area (TPSA) is 115 Å². The molecule has 1 atom stereocenters. The third-order valence-corrected chi connectivity index (χ3v) is 2.64. The number of aromatic nitrogens is 1. The molecule has 8 heteroatoms. The Morgan fingerprint density at radius 3 is 2.70 bits per heavy atom. The van der Waals surface area contributed by atoms with Gasteiger partial charge in [-0.05, 0) is 13.8 Å². The Bertz CT molecular complexity index is 581. The zero-order valence-corrected chi connectivity index (χ0v) is 11.2. The number of rotatable bonds is 5. The van der Waals surface area contributed by atoms with Crippen LogP contribution in [-0.2, 0) is 14.9 Å². The Labute approximate surface area is 115 Å². The second-order valence-electron chi connectivity index (χ2n) is 3.94. The summed E-state index contributed by atoms with van der Waals surface area (Å²) in [5.41, 5.74) is -2.63. The van der Waals surface area contributed by atoms with Gasteiger partial charge in [0.2, 0.25) is 5.88 Å². The maximum atomic E-state index is 11.9. The zero-order chi connectivity index (χ0) is 15.3. The van der Waals surface area contributed by atoms with Crippen molar-refractivity contribution in [3.8, 4) is 11.9 Å². The summed E-state index contributed by atoms with van der Waals surface area (Å²) in [7, 11) is 1.33. The first kappa shape index (κ1) is 15.4. The van der Waals surface area contributed by atoms with E-state index in [1.54, 1.807) is 13.0 Å². The SMILES string of the molecule is CCOC(=O)C(C)(C#N)c1nc(OC)ccc1[N+](=O)[O-]. The Kier molecular flexibility index (Phi) is 4.59. The first-order valence-electron chi connectivity index (χ1n) is 5.69. The molecule has 1 aromatic rings. The largest absolute Gasteiger partial charge is 0.481 e.